The van der Waals surface area contributed by atoms with Gasteiger partial charge in [-0.1, -0.05) is 6.07 Å². The summed E-state index contributed by atoms with van der Waals surface area (Å²) in [6.07, 6.45) is 2.23. The van der Waals surface area contributed by atoms with Crippen molar-refractivity contribution in [3.63, 3.8) is 0 Å². The van der Waals surface area contributed by atoms with Gasteiger partial charge in [0.15, 0.2) is 0 Å². The molecule has 0 spiro atoms. The van der Waals surface area contributed by atoms with Gasteiger partial charge in [0.2, 0.25) is 0 Å². The lowest BCUT2D eigenvalue weighted by Gasteiger charge is -2.39. The standard InChI is InChI=1S/C15H25N3O2/c1-17-7-5-11(6-8-17)18(2)14(10-16)13-4-3-12(19)9-15(13)20/h3-4,9,11,14,19-20H,5-8,10,16H2,1-2H3. The van der Waals surface area contributed by atoms with E-state index in [9.17, 15) is 10.2 Å². The molecule has 4 N–H and O–H groups in total. The number of nitrogens with two attached hydrogens (primary N) is 1. The molecule has 1 heterocycles. The van der Waals surface area contributed by atoms with Crippen molar-refractivity contribution in [2.75, 3.05) is 33.7 Å². The highest BCUT2D eigenvalue weighted by molar-refractivity contribution is 5.41. The molecule has 112 valence electrons. The van der Waals surface area contributed by atoms with Crippen LogP contribution >= 0.6 is 0 Å². The summed E-state index contributed by atoms with van der Waals surface area (Å²) in [6, 6.07) is 5.19. The Morgan fingerprint density at radius 3 is 2.55 bits per heavy atom. The van der Waals surface area contributed by atoms with Crippen LogP contribution in [0.5, 0.6) is 11.5 Å². The molecule has 0 radical (unpaired) electrons. The summed E-state index contributed by atoms with van der Waals surface area (Å²) in [5, 5.41) is 19.4. The van der Waals surface area contributed by atoms with E-state index in [-0.39, 0.29) is 17.5 Å². The zero-order valence-electron chi connectivity index (χ0n) is 12.3. The maximum Gasteiger partial charge on any atom is 0.124 e. The highest BCUT2D eigenvalue weighted by Crippen LogP contribution is 2.32. The highest BCUT2D eigenvalue weighted by atomic mass is 16.3. The van der Waals surface area contributed by atoms with Crippen LogP contribution in [0.2, 0.25) is 0 Å². The molecule has 2 rings (SSSR count). The van der Waals surface area contributed by atoms with E-state index in [0.717, 1.165) is 31.5 Å². The van der Waals surface area contributed by atoms with Crippen molar-refractivity contribution >= 4 is 0 Å². The third-order valence-electron chi connectivity index (χ3n) is 4.35. The van der Waals surface area contributed by atoms with Crippen molar-refractivity contribution in [3.8, 4) is 11.5 Å². The molecule has 1 aromatic rings. The Labute approximate surface area is 120 Å². The van der Waals surface area contributed by atoms with Gasteiger partial charge in [-0.25, -0.2) is 0 Å². The summed E-state index contributed by atoms with van der Waals surface area (Å²) < 4.78 is 0. The van der Waals surface area contributed by atoms with E-state index in [1.165, 1.54) is 6.07 Å². The van der Waals surface area contributed by atoms with Crippen LogP contribution in [0.15, 0.2) is 18.2 Å². The van der Waals surface area contributed by atoms with Crippen molar-refractivity contribution in [1.29, 1.82) is 0 Å². The van der Waals surface area contributed by atoms with Crippen molar-refractivity contribution in [3.05, 3.63) is 23.8 Å². The second-order valence-corrected chi connectivity index (χ2v) is 5.69. The molecule has 1 saturated heterocycles. The molecule has 0 amide bonds. The first-order chi connectivity index (χ1) is 9.52. The van der Waals surface area contributed by atoms with Crippen molar-refractivity contribution in [2.24, 2.45) is 5.73 Å². The Kier molecular flexibility index (Phi) is 4.86. The quantitative estimate of drug-likeness (QED) is 0.770. The van der Waals surface area contributed by atoms with Crippen LogP contribution in [0.25, 0.3) is 0 Å². The van der Waals surface area contributed by atoms with Crippen LogP contribution in [0.3, 0.4) is 0 Å². The molecule has 1 aliphatic rings. The lowest BCUT2D eigenvalue weighted by molar-refractivity contribution is 0.108. The van der Waals surface area contributed by atoms with Crippen LogP contribution in [0, 0.1) is 0 Å². The fraction of sp³-hybridized carbons (Fsp3) is 0.600. The molecule has 1 atom stereocenters. The minimum Gasteiger partial charge on any atom is -0.508 e. The molecule has 0 saturated carbocycles. The van der Waals surface area contributed by atoms with Crippen LogP contribution in [0.4, 0.5) is 0 Å². The van der Waals surface area contributed by atoms with Gasteiger partial charge < -0.3 is 20.8 Å². The van der Waals surface area contributed by atoms with Crippen LogP contribution in [-0.4, -0.2) is 59.8 Å². The maximum absolute atomic E-state index is 10.0. The van der Waals surface area contributed by atoms with Crippen LogP contribution in [-0.2, 0) is 0 Å². The number of aromatic hydroxyl groups is 2. The van der Waals surface area contributed by atoms with Crippen molar-refractivity contribution in [1.82, 2.24) is 9.80 Å². The molecule has 1 fully saturated rings. The normalized spacial score (nSPS) is 19.4. The number of benzene rings is 1. The number of hydrogen-bond acceptors (Lipinski definition) is 5. The van der Waals surface area contributed by atoms with E-state index in [0.29, 0.717) is 12.6 Å². The predicted molar refractivity (Wildman–Crippen MR) is 79.8 cm³/mol. The molecule has 1 aliphatic heterocycles. The van der Waals surface area contributed by atoms with E-state index in [1.807, 2.05) is 0 Å². The molecular formula is C15H25N3O2. The van der Waals surface area contributed by atoms with Gasteiger partial charge >= 0.3 is 0 Å². The molecule has 0 aromatic heterocycles. The van der Waals surface area contributed by atoms with E-state index in [1.54, 1.807) is 12.1 Å². The summed E-state index contributed by atoms with van der Waals surface area (Å²) in [4.78, 5) is 4.60. The Balaban J connectivity index is 2.14. The van der Waals surface area contributed by atoms with Crippen LogP contribution in [0.1, 0.15) is 24.4 Å². The lowest BCUT2D eigenvalue weighted by Crippen LogP contribution is -2.45. The van der Waals surface area contributed by atoms with Gasteiger partial charge in [-0.15, -0.1) is 0 Å². The third-order valence-corrected chi connectivity index (χ3v) is 4.35. The second kappa shape index (κ2) is 6.43. The van der Waals surface area contributed by atoms with Gasteiger partial charge in [0.1, 0.15) is 11.5 Å². The van der Waals surface area contributed by atoms with Gasteiger partial charge in [0, 0.05) is 24.2 Å². The van der Waals surface area contributed by atoms with Crippen LogP contribution < -0.4 is 5.73 Å². The van der Waals surface area contributed by atoms with E-state index in [2.05, 4.69) is 23.9 Å². The molecule has 0 aliphatic carbocycles. The first kappa shape index (κ1) is 15.1. The van der Waals surface area contributed by atoms with Crippen molar-refractivity contribution in [2.45, 2.75) is 24.9 Å². The predicted octanol–water partition coefficient (Wildman–Crippen LogP) is 1.12. The van der Waals surface area contributed by atoms with Gasteiger partial charge in [-0.2, -0.15) is 0 Å². The van der Waals surface area contributed by atoms with E-state index >= 15 is 0 Å². The number of piperidine rings is 1. The molecule has 0 bridgehead atoms. The summed E-state index contributed by atoms with van der Waals surface area (Å²) in [6.45, 7) is 2.63. The number of likely N-dealkylation sites (N-methyl/N-ethyl adjacent to an activating group) is 1. The average Bonchev–Trinajstić information content (AvgIpc) is 2.42. The number of phenols is 2. The minimum absolute atomic E-state index is 0.0241. The Hall–Kier alpha value is -1.30. The maximum atomic E-state index is 10.0. The Morgan fingerprint density at radius 2 is 2.00 bits per heavy atom. The minimum atomic E-state index is -0.0241. The molecule has 1 aromatic carbocycles. The smallest absolute Gasteiger partial charge is 0.124 e. The third kappa shape index (κ3) is 3.23. The summed E-state index contributed by atoms with van der Waals surface area (Å²) in [7, 11) is 4.21. The molecular weight excluding hydrogens is 254 g/mol. The van der Waals surface area contributed by atoms with Gasteiger partial charge in [0.05, 0.1) is 6.04 Å². The summed E-state index contributed by atoms with van der Waals surface area (Å²) >= 11 is 0. The molecule has 1 unspecified atom stereocenters. The topological polar surface area (TPSA) is 73.0 Å². The number of nitrogens with zero attached hydrogens (tertiary/aromatic N) is 2. The average molecular weight is 279 g/mol. The zero-order chi connectivity index (χ0) is 14.7. The summed E-state index contributed by atoms with van der Waals surface area (Å²) in [5.74, 6) is 0.184. The molecule has 20 heavy (non-hydrogen) atoms. The van der Waals surface area contributed by atoms with Gasteiger partial charge in [-0.3, -0.25) is 4.90 Å². The molecule has 5 heteroatoms. The van der Waals surface area contributed by atoms with Gasteiger partial charge in [-0.05, 0) is 46.1 Å². The number of rotatable bonds is 4. The number of phenolic OH excluding ortho intramolecular Hbond substituents is 2. The summed E-state index contributed by atoms with van der Waals surface area (Å²) in [5.41, 5.74) is 6.70. The van der Waals surface area contributed by atoms with E-state index in [4.69, 9.17) is 5.73 Å². The van der Waals surface area contributed by atoms with E-state index < -0.39 is 0 Å². The first-order valence-electron chi connectivity index (χ1n) is 7.15. The highest BCUT2D eigenvalue weighted by Gasteiger charge is 2.27. The number of hydrogen-bond donors (Lipinski definition) is 3. The monoisotopic (exact) mass is 279 g/mol. The SMILES string of the molecule is CN1CCC(N(C)C(CN)c2ccc(O)cc2O)CC1. The largest absolute Gasteiger partial charge is 0.508 e. The zero-order valence-corrected chi connectivity index (χ0v) is 12.3. The Morgan fingerprint density at radius 1 is 1.35 bits per heavy atom. The lowest BCUT2D eigenvalue weighted by atomic mass is 9.98. The van der Waals surface area contributed by atoms with Gasteiger partial charge in [0.25, 0.3) is 0 Å². The first-order valence-corrected chi connectivity index (χ1v) is 7.15. The molecule has 5 nitrogen and oxygen atoms in total. The fourth-order valence-corrected chi connectivity index (χ4v) is 2.98. The number of likely N-dealkylation sites (tertiary alicyclic amines) is 1. The Bertz CT molecular complexity index is 445. The van der Waals surface area contributed by atoms with Crippen molar-refractivity contribution < 1.29 is 10.2 Å². The second-order valence-electron chi connectivity index (χ2n) is 5.69. The fourth-order valence-electron chi connectivity index (χ4n) is 2.98.